The lowest BCUT2D eigenvalue weighted by molar-refractivity contribution is -0.140. The molecule has 0 radical (unpaired) electrons. The summed E-state index contributed by atoms with van der Waals surface area (Å²) in [6, 6.07) is 4.46. The third-order valence-electron chi connectivity index (χ3n) is 3.46. The minimum atomic E-state index is -0.909. The Morgan fingerprint density at radius 3 is 2.70 bits per heavy atom. The molecule has 7 nitrogen and oxygen atoms in total. The van der Waals surface area contributed by atoms with Gasteiger partial charge in [0, 0.05) is 28.8 Å². The van der Waals surface area contributed by atoms with Crippen molar-refractivity contribution in [2.45, 2.75) is 26.0 Å². The molecular formula is C15H18BrN3O4. The number of nitrogens with zero attached hydrogens (tertiary/aromatic N) is 1. The van der Waals surface area contributed by atoms with E-state index in [1.807, 2.05) is 13.0 Å². The molecule has 1 heterocycles. The molecule has 2 rings (SSSR count). The first-order valence-electron chi connectivity index (χ1n) is 7.22. The summed E-state index contributed by atoms with van der Waals surface area (Å²) in [5.74, 6) is -2.07. The number of benzene rings is 1. The van der Waals surface area contributed by atoms with Crippen molar-refractivity contribution in [3.05, 3.63) is 28.2 Å². The first-order chi connectivity index (χ1) is 10.8. The number of carbonyl (C=O) groups excluding carboxylic acids is 3. The zero-order valence-electron chi connectivity index (χ0n) is 12.8. The van der Waals surface area contributed by atoms with Gasteiger partial charge in [0.05, 0.1) is 6.10 Å². The molecule has 1 aromatic carbocycles. The van der Waals surface area contributed by atoms with Gasteiger partial charge in [0.2, 0.25) is 0 Å². The van der Waals surface area contributed by atoms with Crippen LogP contribution in [0.4, 0.5) is 5.69 Å². The molecule has 1 aliphatic heterocycles. The van der Waals surface area contributed by atoms with Crippen molar-refractivity contribution < 1.29 is 19.5 Å². The molecule has 1 aliphatic rings. The Bertz CT molecular complexity index is 648. The molecule has 3 amide bonds. The van der Waals surface area contributed by atoms with E-state index in [0.717, 1.165) is 10.2 Å². The fourth-order valence-electron chi connectivity index (χ4n) is 2.39. The van der Waals surface area contributed by atoms with Crippen LogP contribution in [0.5, 0.6) is 0 Å². The Hall–Kier alpha value is -1.93. The molecule has 8 heteroatoms. The summed E-state index contributed by atoms with van der Waals surface area (Å²) in [4.78, 5) is 37.7. The van der Waals surface area contributed by atoms with E-state index < -0.39 is 24.0 Å². The van der Waals surface area contributed by atoms with Gasteiger partial charge in [0.25, 0.3) is 5.91 Å². The maximum absolute atomic E-state index is 12.5. The van der Waals surface area contributed by atoms with Crippen molar-refractivity contribution in [1.82, 2.24) is 10.6 Å². The van der Waals surface area contributed by atoms with Crippen LogP contribution in [-0.2, 0) is 14.4 Å². The van der Waals surface area contributed by atoms with E-state index in [1.54, 1.807) is 17.0 Å². The smallest absolute Gasteiger partial charge is 0.310 e. The van der Waals surface area contributed by atoms with Crippen molar-refractivity contribution in [3.63, 3.8) is 0 Å². The van der Waals surface area contributed by atoms with Crippen LogP contribution in [-0.4, -0.2) is 42.0 Å². The lowest BCUT2D eigenvalue weighted by atomic mass is 10.1. The number of fused-ring (bicyclic) bond motifs is 1. The summed E-state index contributed by atoms with van der Waals surface area (Å²) in [6.07, 6.45) is -0.757. The van der Waals surface area contributed by atoms with Gasteiger partial charge in [-0.05, 0) is 32.0 Å². The number of aliphatic hydroxyl groups is 1. The molecule has 0 fully saturated rings. The number of amides is 3. The summed E-state index contributed by atoms with van der Waals surface area (Å²) < 4.78 is 0.778. The fourth-order valence-corrected chi connectivity index (χ4v) is 2.77. The molecule has 0 unspecified atom stereocenters. The van der Waals surface area contributed by atoms with Crippen LogP contribution in [0.3, 0.4) is 0 Å². The summed E-state index contributed by atoms with van der Waals surface area (Å²) >= 11 is 3.34. The molecule has 124 valence electrons. The van der Waals surface area contributed by atoms with Crippen LogP contribution in [0, 0.1) is 0 Å². The minimum absolute atomic E-state index is 0.0336. The van der Waals surface area contributed by atoms with Crippen molar-refractivity contribution in [2.24, 2.45) is 0 Å². The van der Waals surface area contributed by atoms with Gasteiger partial charge >= 0.3 is 11.8 Å². The molecule has 0 bridgehead atoms. The van der Waals surface area contributed by atoms with Crippen LogP contribution in [0.15, 0.2) is 22.7 Å². The minimum Gasteiger partial charge on any atom is -0.392 e. The van der Waals surface area contributed by atoms with E-state index in [0.29, 0.717) is 12.1 Å². The zero-order valence-corrected chi connectivity index (χ0v) is 14.4. The standard InChI is InChI=1S/C15H18BrN3O4/c1-3-19-11-5-4-9(16)6-10(11)12(15(19)23)18-14(22)13(21)17-7-8(2)20/h4-6,8,12,20H,3,7H2,1-2H3,(H,17,21)(H,18,22)/t8-,12+/m0/s1. The molecular weight excluding hydrogens is 366 g/mol. The summed E-state index contributed by atoms with van der Waals surface area (Å²) in [5, 5.41) is 13.9. The van der Waals surface area contributed by atoms with Crippen LogP contribution in [0.1, 0.15) is 25.5 Å². The van der Waals surface area contributed by atoms with E-state index in [-0.39, 0.29) is 12.5 Å². The highest BCUT2D eigenvalue weighted by molar-refractivity contribution is 9.10. The molecule has 0 aliphatic carbocycles. The second-order valence-electron chi connectivity index (χ2n) is 5.25. The number of hydrogen-bond acceptors (Lipinski definition) is 4. The lowest BCUT2D eigenvalue weighted by Gasteiger charge is -2.15. The maximum Gasteiger partial charge on any atom is 0.310 e. The first kappa shape index (κ1) is 17.4. The average molecular weight is 384 g/mol. The van der Waals surface area contributed by atoms with Crippen molar-refractivity contribution in [2.75, 3.05) is 18.0 Å². The SMILES string of the molecule is CCN1C(=O)[C@H](NC(=O)C(=O)NC[C@H](C)O)c2cc(Br)ccc21. The molecule has 0 aromatic heterocycles. The third kappa shape index (κ3) is 3.70. The molecule has 0 saturated carbocycles. The normalized spacial score (nSPS) is 17.7. The van der Waals surface area contributed by atoms with Gasteiger partial charge in [0.15, 0.2) is 0 Å². The topological polar surface area (TPSA) is 98.7 Å². The van der Waals surface area contributed by atoms with Gasteiger partial charge in [-0.3, -0.25) is 14.4 Å². The zero-order chi connectivity index (χ0) is 17.1. The summed E-state index contributed by atoms with van der Waals surface area (Å²) in [6.45, 7) is 3.76. The Labute approximate surface area is 142 Å². The molecule has 0 spiro atoms. The van der Waals surface area contributed by atoms with Gasteiger partial charge in [-0.1, -0.05) is 15.9 Å². The van der Waals surface area contributed by atoms with Crippen LogP contribution >= 0.6 is 15.9 Å². The number of nitrogens with one attached hydrogen (secondary N) is 2. The highest BCUT2D eigenvalue weighted by Crippen LogP contribution is 2.37. The van der Waals surface area contributed by atoms with Crippen molar-refractivity contribution in [3.8, 4) is 0 Å². The molecule has 1 aromatic rings. The van der Waals surface area contributed by atoms with Gasteiger partial charge < -0.3 is 20.6 Å². The Balaban J connectivity index is 2.17. The second-order valence-corrected chi connectivity index (χ2v) is 6.17. The average Bonchev–Trinajstić information content (AvgIpc) is 2.76. The van der Waals surface area contributed by atoms with E-state index in [2.05, 4.69) is 26.6 Å². The quantitative estimate of drug-likeness (QED) is 0.658. The highest BCUT2D eigenvalue weighted by atomic mass is 79.9. The van der Waals surface area contributed by atoms with Gasteiger partial charge in [-0.15, -0.1) is 0 Å². The predicted octanol–water partition coefficient (Wildman–Crippen LogP) is 0.470. The van der Waals surface area contributed by atoms with Crippen LogP contribution in [0.2, 0.25) is 0 Å². The highest BCUT2D eigenvalue weighted by Gasteiger charge is 2.38. The number of hydrogen-bond donors (Lipinski definition) is 3. The van der Waals surface area contributed by atoms with Crippen LogP contribution in [0.25, 0.3) is 0 Å². The van der Waals surface area contributed by atoms with Gasteiger partial charge in [-0.2, -0.15) is 0 Å². The number of aliphatic hydroxyl groups excluding tert-OH is 1. The predicted molar refractivity (Wildman–Crippen MR) is 87.7 cm³/mol. The molecule has 3 N–H and O–H groups in total. The molecule has 23 heavy (non-hydrogen) atoms. The van der Waals surface area contributed by atoms with E-state index >= 15 is 0 Å². The van der Waals surface area contributed by atoms with Gasteiger partial charge in [-0.25, -0.2) is 0 Å². The third-order valence-corrected chi connectivity index (χ3v) is 3.95. The number of anilines is 1. The van der Waals surface area contributed by atoms with E-state index in [4.69, 9.17) is 5.11 Å². The van der Waals surface area contributed by atoms with E-state index in [9.17, 15) is 14.4 Å². The Morgan fingerprint density at radius 2 is 2.09 bits per heavy atom. The first-order valence-corrected chi connectivity index (χ1v) is 8.02. The monoisotopic (exact) mass is 383 g/mol. The number of carbonyl (C=O) groups is 3. The Morgan fingerprint density at radius 1 is 1.39 bits per heavy atom. The largest absolute Gasteiger partial charge is 0.392 e. The van der Waals surface area contributed by atoms with Crippen LogP contribution < -0.4 is 15.5 Å². The molecule has 2 atom stereocenters. The number of rotatable bonds is 4. The molecule has 0 saturated heterocycles. The van der Waals surface area contributed by atoms with Crippen molar-refractivity contribution >= 4 is 39.3 Å². The van der Waals surface area contributed by atoms with Crippen molar-refractivity contribution in [1.29, 1.82) is 0 Å². The maximum atomic E-state index is 12.5. The number of likely N-dealkylation sites (N-methyl/N-ethyl adjacent to an activating group) is 1. The van der Waals surface area contributed by atoms with Gasteiger partial charge in [0.1, 0.15) is 6.04 Å². The Kier molecular flexibility index (Phi) is 5.38. The second kappa shape index (κ2) is 7.10. The fraction of sp³-hybridized carbons (Fsp3) is 0.400. The lowest BCUT2D eigenvalue weighted by Crippen LogP contribution is -2.45. The summed E-state index contributed by atoms with van der Waals surface area (Å²) in [5.41, 5.74) is 1.36. The van der Waals surface area contributed by atoms with E-state index in [1.165, 1.54) is 6.92 Å². The number of halogens is 1. The summed E-state index contributed by atoms with van der Waals surface area (Å²) in [7, 11) is 0.